The van der Waals surface area contributed by atoms with Gasteiger partial charge in [0.05, 0.1) is 11.1 Å². The van der Waals surface area contributed by atoms with Crippen LogP contribution in [0.15, 0.2) is 22.7 Å². The van der Waals surface area contributed by atoms with Crippen LogP contribution in [-0.2, 0) is 4.79 Å². The standard InChI is InChI=1S/C17H19BrN2O3/c1-11-4-2-3-8-19(11)15(21)7-9-20-16(22)13-6-5-12(18)10-14(13)17(20)23/h5-6,10-11H,2-4,7-9H2,1H3. The molecule has 0 spiro atoms. The molecule has 1 aromatic rings. The Morgan fingerprint density at radius 1 is 1.22 bits per heavy atom. The molecule has 3 rings (SSSR count). The van der Waals surface area contributed by atoms with Crippen molar-refractivity contribution >= 4 is 33.7 Å². The summed E-state index contributed by atoms with van der Waals surface area (Å²) in [6.07, 6.45) is 3.39. The van der Waals surface area contributed by atoms with Crippen LogP contribution in [0.3, 0.4) is 0 Å². The zero-order chi connectivity index (χ0) is 16.6. The molecule has 23 heavy (non-hydrogen) atoms. The number of nitrogens with zero attached hydrogens (tertiary/aromatic N) is 2. The largest absolute Gasteiger partial charge is 0.340 e. The Hall–Kier alpha value is -1.69. The second kappa shape index (κ2) is 6.43. The van der Waals surface area contributed by atoms with Crippen molar-refractivity contribution in [1.82, 2.24) is 9.80 Å². The summed E-state index contributed by atoms with van der Waals surface area (Å²) in [5.74, 6) is -0.599. The van der Waals surface area contributed by atoms with Gasteiger partial charge in [-0.25, -0.2) is 0 Å². The van der Waals surface area contributed by atoms with Gasteiger partial charge in [-0.2, -0.15) is 0 Å². The molecule has 0 bridgehead atoms. The van der Waals surface area contributed by atoms with Crippen LogP contribution in [0.5, 0.6) is 0 Å². The quantitative estimate of drug-likeness (QED) is 0.759. The van der Waals surface area contributed by atoms with E-state index in [0.717, 1.165) is 30.3 Å². The Morgan fingerprint density at radius 3 is 2.70 bits per heavy atom. The van der Waals surface area contributed by atoms with Crippen molar-refractivity contribution < 1.29 is 14.4 Å². The van der Waals surface area contributed by atoms with Crippen molar-refractivity contribution in [2.75, 3.05) is 13.1 Å². The average Bonchev–Trinajstić information content (AvgIpc) is 2.76. The molecule has 0 radical (unpaired) electrons. The summed E-state index contributed by atoms with van der Waals surface area (Å²) in [4.78, 5) is 40.1. The van der Waals surface area contributed by atoms with Crippen LogP contribution in [0.2, 0.25) is 0 Å². The van der Waals surface area contributed by atoms with E-state index >= 15 is 0 Å². The molecule has 1 unspecified atom stereocenters. The Kier molecular flexibility index (Phi) is 4.53. The average molecular weight is 379 g/mol. The van der Waals surface area contributed by atoms with Gasteiger partial charge in [-0.1, -0.05) is 15.9 Å². The third-order valence-corrected chi connectivity index (χ3v) is 5.10. The molecular formula is C17H19BrN2O3. The first kappa shape index (κ1) is 16.2. The molecule has 0 aromatic heterocycles. The maximum atomic E-state index is 12.4. The van der Waals surface area contributed by atoms with Crippen LogP contribution in [-0.4, -0.2) is 46.7 Å². The van der Waals surface area contributed by atoms with Crippen LogP contribution >= 0.6 is 15.9 Å². The summed E-state index contributed by atoms with van der Waals surface area (Å²) >= 11 is 3.31. The smallest absolute Gasteiger partial charge is 0.261 e. The predicted molar refractivity (Wildman–Crippen MR) is 89.2 cm³/mol. The highest BCUT2D eigenvalue weighted by atomic mass is 79.9. The molecule has 6 heteroatoms. The van der Waals surface area contributed by atoms with Gasteiger partial charge in [0.25, 0.3) is 11.8 Å². The number of carbonyl (C=O) groups is 3. The van der Waals surface area contributed by atoms with Crippen LogP contribution < -0.4 is 0 Å². The molecule has 0 aliphatic carbocycles. The highest BCUT2D eigenvalue weighted by Crippen LogP contribution is 2.26. The molecule has 1 atom stereocenters. The molecule has 2 aliphatic rings. The zero-order valence-electron chi connectivity index (χ0n) is 13.0. The summed E-state index contributed by atoms with van der Waals surface area (Å²) in [5, 5.41) is 0. The molecular weight excluding hydrogens is 360 g/mol. The molecule has 1 aromatic carbocycles. The van der Waals surface area contributed by atoms with E-state index in [9.17, 15) is 14.4 Å². The first-order valence-corrected chi connectivity index (χ1v) is 8.73. The molecule has 1 fully saturated rings. The van der Waals surface area contributed by atoms with E-state index in [4.69, 9.17) is 0 Å². The van der Waals surface area contributed by atoms with E-state index in [2.05, 4.69) is 22.9 Å². The monoisotopic (exact) mass is 378 g/mol. The van der Waals surface area contributed by atoms with Gasteiger partial charge in [0.2, 0.25) is 5.91 Å². The van der Waals surface area contributed by atoms with Crippen LogP contribution in [0.25, 0.3) is 0 Å². The van der Waals surface area contributed by atoms with Gasteiger partial charge in [-0.3, -0.25) is 19.3 Å². The van der Waals surface area contributed by atoms with E-state index in [-0.39, 0.29) is 36.7 Å². The lowest BCUT2D eigenvalue weighted by Crippen LogP contribution is -2.43. The van der Waals surface area contributed by atoms with Gasteiger partial charge in [-0.15, -0.1) is 0 Å². The molecule has 1 saturated heterocycles. The number of hydrogen-bond acceptors (Lipinski definition) is 3. The SMILES string of the molecule is CC1CCCCN1C(=O)CCN1C(=O)c2ccc(Br)cc2C1=O. The fourth-order valence-corrected chi connectivity index (χ4v) is 3.65. The number of fused-ring (bicyclic) bond motifs is 1. The zero-order valence-corrected chi connectivity index (χ0v) is 14.6. The number of likely N-dealkylation sites (tertiary alicyclic amines) is 1. The van der Waals surface area contributed by atoms with Crippen molar-refractivity contribution in [3.05, 3.63) is 33.8 Å². The van der Waals surface area contributed by atoms with E-state index in [0.29, 0.717) is 11.1 Å². The third-order valence-electron chi connectivity index (χ3n) is 4.61. The van der Waals surface area contributed by atoms with Gasteiger partial charge < -0.3 is 4.90 Å². The van der Waals surface area contributed by atoms with Crippen LogP contribution in [0.4, 0.5) is 0 Å². The van der Waals surface area contributed by atoms with Gasteiger partial charge >= 0.3 is 0 Å². The number of benzene rings is 1. The number of carbonyl (C=O) groups excluding carboxylic acids is 3. The summed E-state index contributed by atoms with van der Waals surface area (Å²) in [6.45, 7) is 2.97. The van der Waals surface area contributed by atoms with Crippen LogP contribution in [0.1, 0.15) is 53.3 Å². The first-order valence-electron chi connectivity index (χ1n) is 7.94. The second-order valence-electron chi connectivity index (χ2n) is 6.13. The van der Waals surface area contributed by atoms with Crippen molar-refractivity contribution in [2.45, 2.75) is 38.6 Å². The van der Waals surface area contributed by atoms with E-state index < -0.39 is 0 Å². The van der Waals surface area contributed by atoms with Gasteiger partial charge in [0, 0.05) is 30.0 Å². The second-order valence-corrected chi connectivity index (χ2v) is 7.05. The van der Waals surface area contributed by atoms with Crippen molar-refractivity contribution in [3.63, 3.8) is 0 Å². The number of halogens is 1. The fourth-order valence-electron chi connectivity index (χ4n) is 3.29. The van der Waals surface area contributed by atoms with Crippen molar-refractivity contribution in [2.24, 2.45) is 0 Å². The fraction of sp³-hybridized carbons (Fsp3) is 0.471. The Balaban J connectivity index is 1.66. The third kappa shape index (κ3) is 3.04. The number of hydrogen-bond donors (Lipinski definition) is 0. The van der Waals surface area contributed by atoms with E-state index in [1.807, 2.05) is 4.90 Å². The van der Waals surface area contributed by atoms with Crippen molar-refractivity contribution in [1.29, 1.82) is 0 Å². The maximum Gasteiger partial charge on any atom is 0.261 e. The van der Waals surface area contributed by atoms with Gasteiger partial charge in [-0.05, 0) is 44.4 Å². The topological polar surface area (TPSA) is 57.7 Å². The number of piperidine rings is 1. The molecule has 122 valence electrons. The van der Waals surface area contributed by atoms with Gasteiger partial charge in [0.15, 0.2) is 0 Å². The molecule has 2 aliphatic heterocycles. The Bertz CT molecular complexity index is 674. The minimum atomic E-state index is -0.314. The molecule has 0 N–H and O–H groups in total. The summed E-state index contributed by atoms with van der Waals surface area (Å²) in [6, 6.07) is 5.29. The maximum absolute atomic E-state index is 12.4. The number of imide groups is 1. The number of amides is 3. The summed E-state index contributed by atoms with van der Waals surface area (Å²) in [5.41, 5.74) is 0.820. The molecule has 0 saturated carbocycles. The highest BCUT2D eigenvalue weighted by molar-refractivity contribution is 9.10. The lowest BCUT2D eigenvalue weighted by Gasteiger charge is -2.33. The lowest BCUT2D eigenvalue weighted by molar-refractivity contribution is -0.134. The summed E-state index contributed by atoms with van der Waals surface area (Å²) < 4.78 is 0.762. The Labute approximate surface area is 143 Å². The summed E-state index contributed by atoms with van der Waals surface area (Å²) in [7, 11) is 0. The highest BCUT2D eigenvalue weighted by Gasteiger charge is 2.36. The van der Waals surface area contributed by atoms with E-state index in [1.54, 1.807) is 18.2 Å². The molecule has 5 nitrogen and oxygen atoms in total. The Morgan fingerprint density at radius 2 is 1.96 bits per heavy atom. The van der Waals surface area contributed by atoms with Crippen molar-refractivity contribution in [3.8, 4) is 0 Å². The normalized spacial score (nSPS) is 20.9. The van der Waals surface area contributed by atoms with Gasteiger partial charge in [0.1, 0.15) is 0 Å². The first-order chi connectivity index (χ1) is 11.0. The molecule has 2 heterocycles. The van der Waals surface area contributed by atoms with Crippen LogP contribution in [0, 0.1) is 0 Å². The predicted octanol–water partition coefficient (Wildman–Crippen LogP) is 2.84. The lowest BCUT2D eigenvalue weighted by atomic mass is 10.0. The van der Waals surface area contributed by atoms with E-state index in [1.165, 1.54) is 4.90 Å². The minimum Gasteiger partial charge on any atom is -0.340 e. The number of rotatable bonds is 3. The molecule has 3 amide bonds. The minimum absolute atomic E-state index is 0.0231.